The van der Waals surface area contributed by atoms with Gasteiger partial charge in [0.1, 0.15) is 6.04 Å². The number of aliphatic hydroxyl groups is 1. The number of amides is 1. The maximum atomic E-state index is 11.7. The zero-order valence-electron chi connectivity index (χ0n) is 11.8. The van der Waals surface area contributed by atoms with Crippen molar-refractivity contribution in [2.45, 2.75) is 32.2 Å². The van der Waals surface area contributed by atoms with E-state index in [-0.39, 0.29) is 17.9 Å². The highest BCUT2D eigenvalue weighted by atomic mass is 16.3. The first-order valence-corrected chi connectivity index (χ1v) is 6.69. The molecule has 0 radical (unpaired) electrons. The molecule has 1 aliphatic heterocycles. The monoisotopic (exact) mass is 262 g/mol. The molecule has 0 bridgehead atoms. The fourth-order valence-corrected chi connectivity index (χ4v) is 2.36. The molecule has 1 amide bonds. The van der Waals surface area contributed by atoms with Gasteiger partial charge in [-0.05, 0) is 23.1 Å². The third-order valence-electron chi connectivity index (χ3n) is 3.57. The van der Waals surface area contributed by atoms with Crippen molar-refractivity contribution in [2.24, 2.45) is 0 Å². The summed E-state index contributed by atoms with van der Waals surface area (Å²) in [6, 6.07) is 7.77. The van der Waals surface area contributed by atoms with E-state index in [9.17, 15) is 9.90 Å². The number of benzene rings is 1. The predicted octanol–water partition coefficient (Wildman–Crippen LogP) is 1.28. The molecule has 0 aliphatic carbocycles. The minimum Gasteiger partial charge on any atom is -0.394 e. The molecule has 1 saturated heterocycles. The Kier molecular flexibility index (Phi) is 3.80. The minimum absolute atomic E-state index is 0.103. The van der Waals surface area contributed by atoms with Crippen LogP contribution in [0.4, 0.5) is 5.69 Å². The van der Waals surface area contributed by atoms with Gasteiger partial charge in [0, 0.05) is 18.8 Å². The van der Waals surface area contributed by atoms with E-state index in [1.54, 1.807) is 0 Å². The lowest BCUT2D eigenvalue weighted by Crippen LogP contribution is -2.57. The number of nitrogens with one attached hydrogen (secondary N) is 1. The van der Waals surface area contributed by atoms with Gasteiger partial charge in [0.05, 0.1) is 6.61 Å². The van der Waals surface area contributed by atoms with Gasteiger partial charge in [0.2, 0.25) is 5.91 Å². The molecule has 1 fully saturated rings. The number of aliphatic hydroxyl groups excluding tert-OH is 1. The first-order valence-electron chi connectivity index (χ1n) is 6.69. The number of anilines is 1. The van der Waals surface area contributed by atoms with Gasteiger partial charge < -0.3 is 15.3 Å². The Morgan fingerprint density at radius 2 is 1.95 bits per heavy atom. The van der Waals surface area contributed by atoms with Crippen LogP contribution in [0.25, 0.3) is 0 Å². The molecule has 4 nitrogen and oxygen atoms in total. The van der Waals surface area contributed by atoms with Crippen LogP contribution >= 0.6 is 0 Å². The Balaban J connectivity index is 2.23. The van der Waals surface area contributed by atoms with Crippen molar-refractivity contribution in [1.29, 1.82) is 0 Å². The van der Waals surface area contributed by atoms with Crippen LogP contribution in [0.2, 0.25) is 0 Å². The number of piperazine rings is 1. The van der Waals surface area contributed by atoms with Gasteiger partial charge in [-0.2, -0.15) is 0 Å². The van der Waals surface area contributed by atoms with Gasteiger partial charge in [-0.25, -0.2) is 0 Å². The molecule has 1 heterocycles. The van der Waals surface area contributed by atoms with Gasteiger partial charge in [0.15, 0.2) is 0 Å². The average molecular weight is 262 g/mol. The van der Waals surface area contributed by atoms with E-state index in [1.807, 2.05) is 17.0 Å². The molecule has 4 heteroatoms. The fourth-order valence-electron chi connectivity index (χ4n) is 2.36. The van der Waals surface area contributed by atoms with Crippen molar-refractivity contribution < 1.29 is 9.90 Å². The minimum atomic E-state index is -0.478. The van der Waals surface area contributed by atoms with Crippen LogP contribution in [0.1, 0.15) is 26.3 Å². The number of carbonyl (C=O) groups is 1. The van der Waals surface area contributed by atoms with Gasteiger partial charge in [-0.15, -0.1) is 0 Å². The molecule has 1 atom stereocenters. The van der Waals surface area contributed by atoms with Crippen LogP contribution in [0, 0.1) is 0 Å². The number of hydrogen-bond acceptors (Lipinski definition) is 3. The summed E-state index contributed by atoms with van der Waals surface area (Å²) >= 11 is 0. The van der Waals surface area contributed by atoms with Crippen molar-refractivity contribution in [3.63, 3.8) is 0 Å². The van der Waals surface area contributed by atoms with Crippen LogP contribution in [-0.2, 0) is 10.2 Å². The second-order valence-corrected chi connectivity index (χ2v) is 5.98. The Morgan fingerprint density at radius 3 is 2.47 bits per heavy atom. The Labute approximate surface area is 114 Å². The van der Waals surface area contributed by atoms with E-state index in [0.717, 1.165) is 12.2 Å². The molecule has 0 saturated carbocycles. The van der Waals surface area contributed by atoms with E-state index >= 15 is 0 Å². The number of rotatable bonds is 2. The van der Waals surface area contributed by atoms with Gasteiger partial charge >= 0.3 is 0 Å². The van der Waals surface area contributed by atoms with E-state index in [0.29, 0.717) is 6.54 Å². The first-order chi connectivity index (χ1) is 8.93. The average Bonchev–Trinajstić information content (AvgIpc) is 2.37. The molecule has 1 aromatic rings. The van der Waals surface area contributed by atoms with Crippen LogP contribution in [-0.4, -0.2) is 36.8 Å². The molecular formula is C15H22N2O2. The lowest BCUT2D eigenvalue weighted by atomic mass is 9.87. The van der Waals surface area contributed by atoms with Gasteiger partial charge in [-0.3, -0.25) is 4.79 Å². The Morgan fingerprint density at radius 1 is 1.32 bits per heavy atom. The van der Waals surface area contributed by atoms with Crippen LogP contribution in [0.3, 0.4) is 0 Å². The molecular weight excluding hydrogens is 240 g/mol. The quantitative estimate of drug-likeness (QED) is 0.844. The summed E-state index contributed by atoms with van der Waals surface area (Å²) in [5.41, 5.74) is 2.37. The lowest BCUT2D eigenvalue weighted by Gasteiger charge is -2.36. The maximum absolute atomic E-state index is 11.7. The molecule has 1 unspecified atom stereocenters. The normalized spacial score (nSPS) is 20.3. The van der Waals surface area contributed by atoms with E-state index in [1.165, 1.54) is 5.56 Å². The molecule has 0 spiro atoms. The summed E-state index contributed by atoms with van der Waals surface area (Å²) < 4.78 is 0. The van der Waals surface area contributed by atoms with E-state index < -0.39 is 6.04 Å². The Hall–Kier alpha value is -1.55. The summed E-state index contributed by atoms with van der Waals surface area (Å²) in [6.07, 6.45) is 0. The fraction of sp³-hybridized carbons (Fsp3) is 0.533. The topological polar surface area (TPSA) is 52.6 Å². The molecule has 1 aliphatic rings. The molecule has 1 aromatic carbocycles. The van der Waals surface area contributed by atoms with Crippen molar-refractivity contribution in [3.05, 3.63) is 29.8 Å². The predicted molar refractivity (Wildman–Crippen MR) is 76.4 cm³/mol. The zero-order chi connectivity index (χ0) is 14.0. The highest BCUT2D eigenvalue weighted by molar-refractivity contribution is 5.86. The largest absolute Gasteiger partial charge is 0.394 e. The van der Waals surface area contributed by atoms with Crippen molar-refractivity contribution in [2.75, 3.05) is 24.6 Å². The number of nitrogens with zero attached hydrogens (tertiary/aromatic N) is 1. The first kappa shape index (κ1) is 13.9. The molecule has 2 N–H and O–H groups in total. The number of hydrogen-bond donors (Lipinski definition) is 2. The van der Waals surface area contributed by atoms with Gasteiger partial charge in [0.25, 0.3) is 0 Å². The second-order valence-electron chi connectivity index (χ2n) is 5.98. The van der Waals surface area contributed by atoms with E-state index in [2.05, 4.69) is 38.2 Å². The van der Waals surface area contributed by atoms with Gasteiger partial charge in [-0.1, -0.05) is 32.9 Å². The molecule has 104 valence electrons. The lowest BCUT2D eigenvalue weighted by molar-refractivity contribution is -0.124. The summed E-state index contributed by atoms with van der Waals surface area (Å²) in [6.45, 7) is 7.71. The summed E-state index contributed by atoms with van der Waals surface area (Å²) in [4.78, 5) is 13.7. The second kappa shape index (κ2) is 5.21. The smallest absolute Gasteiger partial charge is 0.245 e. The van der Waals surface area contributed by atoms with E-state index in [4.69, 9.17) is 0 Å². The van der Waals surface area contributed by atoms with Crippen LogP contribution in [0.15, 0.2) is 24.3 Å². The summed E-state index contributed by atoms with van der Waals surface area (Å²) in [5, 5.41) is 12.2. The SMILES string of the molecule is CC(C)(C)c1ccc(N2CCNC(=O)C2CO)cc1. The standard InChI is InChI=1S/C15H22N2O2/c1-15(2,3)11-4-6-12(7-5-11)17-9-8-16-14(19)13(17)10-18/h4-7,13,18H,8-10H2,1-3H3,(H,16,19). The van der Waals surface area contributed by atoms with Crippen molar-refractivity contribution in [1.82, 2.24) is 5.32 Å². The summed E-state index contributed by atoms with van der Waals surface area (Å²) in [7, 11) is 0. The summed E-state index contributed by atoms with van der Waals surface area (Å²) in [5.74, 6) is -0.103. The van der Waals surface area contributed by atoms with Crippen molar-refractivity contribution >= 4 is 11.6 Å². The third-order valence-corrected chi connectivity index (χ3v) is 3.57. The van der Waals surface area contributed by atoms with Crippen LogP contribution in [0.5, 0.6) is 0 Å². The molecule has 2 rings (SSSR count). The molecule has 19 heavy (non-hydrogen) atoms. The Bertz CT molecular complexity index is 448. The highest BCUT2D eigenvalue weighted by Gasteiger charge is 2.29. The van der Waals surface area contributed by atoms with Crippen LogP contribution < -0.4 is 10.2 Å². The number of carbonyl (C=O) groups excluding carboxylic acids is 1. The zero-order valence-corrected chi connectivity index (χ0v) is 11.8. The highest BCUT2D eigenvalue weighted by Crippen LogP contribution is 2.26. The molecule has 0 aromatic heterocycles. The third kappa shape index (κ3) is 2.89. The maximum Gasteiger partial charge on any atom is 0.245 e. The van der Waals surface area contributed by atoms with Crippen molar-refractivity contribution in [3.8, 4) is 0 Å².